The third-order valence-corrected chi connectivity index (χ3v) is 2.61. The van der Waals surface area contributed by atoms with Crippen LogP contribution in [0.2, 0.25) is 0 Å². The van der Waals surface area contributed by atoms with E-state index in [1.54, 1.807) is 0 Å². The Bertz CT molecular complexity index is 340. The summed E-state index contributed by atoms with van der Waals surface area (Å²) in [4.78, 5) is 14.1. The van der Waals surface area contributed by atoms with Crippen LogP contribution in [0.25, 0.3) is 0 Å². The average molecular weight is 225 g/mol. The third kappa shape index (κ3) is 2.71. The molecule has 0 amide bonds. The smallest absolute Gasteiger partial charge is 0.322 e. The number of ether oxygens (including phenoxy) is 1. The maximum Gasteiger partial charge on any atom is 0.322 e. The van der Waals surface area contributed by atoms with Crippen LogP contribution < -0.4 is 15.4 Å². The molecular formula is C10H19N5O. The van der Waals surface area contributed by atoms with Crippen LogP contribution in [0.5, 0.6) is 6.01 Å². The number of hydrogen-bond acceptors (Lipinski definition) is 6. The van der Waals surface area contributed by atoms with E-state index < -0.39 is 0 Å². The van der Waals surface area contributed by atoms with Crippen LogP contribution in [-0.4, -0.2) is 35.2 Å². The van der Waals surface area contributed by atoms with Gasteiger partial charge in [0.05, 0.1) is 7.11 Å². The van der Waals surface area contributed by atoms with E-state index in [1.807, 2.05) is 11.9 Å². The fourth-order valence-corrected chi connectivity index (χ4v) is 1.61. The highest BCUT2D eigenvalue weighted by atomic mass is 16.5. The van der Waals surface area contributed by atoms with Crippen molar-refractivity contribution in [2.24, 2.45) is 0 Å². The Kier molecular flexibility index (Phi) is 4.28. The molecule has 0 aliphatic heterocycles. The Labute approximate surface area is 95.9 Å². The molecule has 6 heteroatoms. The van der Waals surface area contributed by atoms with Crippen molar-refractivity contribution >= 4 is 11.9 Å². The topological polar surface area (TPSA) is 77.2 Å². The molecule has 1 aromatic heterocycles. The summed E-state index contributed by atoms with van der Waals surface area (Å²) in [5.74, 6) is 0.734. The minimum absolute atomic E-state index is 0.180. The van der Waals surface area contributed by atoms with Crippen molar-refractivity contribution in [2.45, 2.75) is 32.7 Å². The number of nitrogens with zero attached hydrogens (tertiary/aromatic N) is 4. The van der Waals surface area contributed by atoms with Gasteiger partial charge in [0.15, 0.2) is 0 Å². The quantitative estimate of drug-likeness (QED) is 0.808. The Morgan fingerprint density at radius 3 is 2.38 bits per heavy atom. The number of methoxy groups -OCH3 is 1. The zero-order valence-corrected chi connectivity index (χ0v) is 10.3. The van der Waals surface area contributed by atoms with Crippen LogP contribution in [0.15, 0.2) is 0 Å². The number of aromatic nitrogens is 3. The lowest BCUT2D eigenvalue weighted by atomic mass is 10.1. The second-order valence-electron chi connectivity index (χ2n) is 3.56. The van der Waals surface area contributed by atoms with Crippen molar-refractivity contribution in [1.82, 2.24) is 15.0 Å². The predicted octanol–water partition coefficient (Wildman–Crippen LogP) is 1.09. The van der Waals surface area contributed by atoms with Crippen molar-refractivity contribution in [2.75, 3.05) is 24.8 Å². The van der Waals surface area contributed by atoms with E-state index in [4.69, 9.17) is 10.5 Å². The van der Waals surface area contributed by atoms with E-state index in [1.165, 1.54) is 7.11 Å². The second-order valence-corrected chi connectivity index (χ2v) is 3.56. The van der Waals surface area contributed by atoms with Gasteiger partial charge in [0.25, 0.3) is 0 Å². The predicted molar refractivity (Wildman–Crippen MR) is 63.6 cm³/mol. The van der Waals surface area contributed by atoms with Gasteiger partial charge in [0.1, 0.15) is 0 Å². The molecule has 1 aromatic rings. The first-order valence-corrected chi connectivity index (χ1v) is 5.40. The average Bonchev–Trinajstić information content (AvgIpc) is 2.29. The molecule has 0 radical (unpaired) electrons. The van der Waals surface area contributed by atoms with Gasteiger partial charge in [-0.25, -0.2) is 0 Å². The summed E-state index contributed by atoms with van der Waals surface area (Å²) in [6.45, 7) is 4.26. The Hall–Kier alpha value is -1.59. The molecule has 1 heterocycles. The second kappa shape index (κ2) is 5.48. The van der Waals surface area contributed by atoms with Crippen LogP contribution in [-0.2, 0) is 0 Å². The van der Waals surface area contributed by atoms with Gasteiger partial charge >= 0.3 is 6.01 Å². The molecule has 1 rings (SSSR count). The first-order chi connectivity index (χ1) is 7.62. The largest absolute Gasteiger partial charge is 0.467 e. The van der Waals surface area contributed by atoms with Crippen molar-refractivity contribution in [3.63, 3.8) is 0 Å². The zero-order valence-electron chi connectivity index (χ0n) is 10.3. The minimum atomic E-state index is 0.180. The highest BCUT2D eigenvalue weighted by molar-refractivity contribution is 5.36. The summed E-state index contributed by atoms with van der Waals surface area (Å²) in [7, 11) is 3.46. The maximum atomic E-state index is 5.59. The summed E-state index contributed by atoms with van der Waals surface area (Å²) in [5, 5.41) is 0. The van der Waals surface area contributed by atoms with E-state index in [2.05, 4.69) is 28.8 Å². The number of nitrogen functional groups attached to an aromatic ring is 1. The van der Waals surface area contributed by atoms with Crippen LogP contribution in [0.1, 0.15) is 26.7 Å². The first-order valence-electron chi connectivity index (χ1n) is 5.40. The molecule has 0 aliphatic carbocycles. The summed E-state index contributed by atoms with van der Waals surface area (Å²) < 4.78 is 4.96. The van der Waals surface area contributed by atoms with Crippen LogP contribution in [0.3, 0.4) is 0 Å². The standard InChI is InChI=1S/C10H19N5O/c1-5-7(6-2)15(3)9-12-8(11)13-10(14-9)16-4/h7H,5-6H2,1-4H3,(H2,11,12,13,14). The first kappa shape index (κ1) is 12.5. The Balaban J connectivity index is 2.97. The van der Waals surface area contributed by atoms with Crippen molar-refractivity contribution < 1.29 is 4.74 Å². The highest BCUT2D eigenvalue weighted by Gasteiger charge is 2.15. The van der Waals surface area contributed by atoms with E-state index in [0.29, 0.717) is 12.0 Å². The molecule has 0 bridgehead atoms. The van der Waals surface area contributed by atoms with Gasteiger partial charge in [-0.05, 0) is 12.8 Å². The van der Waals surface area contributed by atoms with Crippen LogP contribution in [0.4, 0.5) is 11.9 Å². The molecule has 2 N–H and O–H groups in total. The summed E-state index contributed by atoms with van der Waals surface area (Å²) >= 11 is 0. The molecule has 6 nitrogen and oxygen atoms in total. The molecule has 0 saturated heterocycles. The third-order valence-electron chi connectivity index (χ3n) is 2.61. The normalized spacial score (nSPS) is 10.6. The number of rotatable bonds is 5. The maximum absolute atomic E-state index is 5.59. The highest BCUT2D eigenvalue weighted by Crippen LogP contribution is 2.16. The lowest BCUT2D eigenvalue weighted by molar-refractivity contribution is 0.378. The fourth-order valence-electron chi connectivity index (χ4n) is 1.61. The molecule has 0 aliphatic rings. The van der Waals surface area contributed by atoms with E-state index in [9.17, 15) is 0 Å². The summed E-state index contributed by atoms with van der Waals surface area (Å²) in [6.07, 6.45) is 2.06. The SMILES string of the molecule is CCC(CC)N(C)c1nc(N)nc(OC)n1. The molecule has 0 aromatic carbocycles. The Morgan fingerprint density at radius 2 is 1.88 bits per heavy atom. The zero-order chi connectivity index (χ0) is 12.1. The minimum Gasteiger partial charge on any atom is -0.467 e. The lowest BCUT2D eigenvalue weighted by Crippen LogP contribution is -2.32. The molecule has 0 saturated carbocycles. The van der Waals surface area contributed by atoms with Gasteiger partial charge < -0.3 is 15.4 Å². The van der Waals surface area contributed by atoms with Gasteiger partial charge in [0, 0.05) is 13.1 Å². The van der Waals surface area contributed by atoms with Gasteiger partial charge in [-0.3, -0.25) is 0 Å². The van der Waals surface area contributed by atoms with Gasteiger partial charge in [-0.2, -0.15) is 15.0 Å². The summed E-state index contributed by atoms with van der Waals surface area (Å²) in [6, 6.07) is 0.645. The molecular weight excluding hydrogens is 206 g/mol. The lowest BCUT2D eigenvalue weighted by Gasteiger charge is -2.26. The van der Waals surface area contributed by atoms with Crippen LogP contribution in [0, 0.1) is 0 Å². The van der Waals surface area contributed by atoms with Gasteiger partial charge in [-0.15, -0.1) is 0 Å². The van der Waals surface area contributed by atoms with Crippen molar-refractivity contribution in [3.8, 4) is 6.01 Å². The number of hydrogen-bond donors (Lipinski definition) is 1. The fraction of sp³-hybridized carbons (Fsp3) is 0.700. The number of nitrogens with two attached hydrogens (primary N) is 1. The monoisotopic (exact) mass is 225 g/mol. The molecule has 0 spiro atoms. The van der Waals surface area contributed by atoms with Gasteiger partial charge in [0.2, 0.25) is 11.9 Å². The molecule has 16 heavy (non-hydrogen) atoms. The molecule has 0 fully saturated rings. The molecule has 0 atom stereocenters. The Morgan fingerprint density at radius 1 is 1.25 bits per heavy atom. The van der Waals surface area contributed by atoms with Crippen LogP contribution >= 0.6 is 0 Å². The van der Waals surface area contributed by atoms with E-state index in [0.717, 1.165) is 12.8 Å². The number of anilines is 2. The van der Waals surface area contributed by atoms with Crippen molar-refractivity contribution in [3.05, 3.63) is 0 Å². The summed E-state index contributed by atoms with van der Waals surface area (Å²) in [5.41, 5.74) is 5.59. The van der Waals surface area contributed by atoms with E-state index >= 15 is 0 Å². The van der Waals surface area contributed by atoms with Crippen molar-refractivity contribution in [1.29, 1.82) is 0 Å². The molecule has 0 unspecified atom stereocenters. The molecule has 90 valence electrons. The van der Waals surface area contributed by atoms with Gasteiger partial charge in [-0.1, -0.05) is 13.8 Å². The van der Waals surface area contributed by atoms with E-state index in [-0.39, 0.29) is 12.0 Å².